The quantitative estimate of drug-likeness (QED) is 0.606. The highest BCUT2D eigenvalue weighted by Gasteiger charge is 2.28. The molecule has 0 radical (unpaired) electrons. The molecule has 1 atom stereocenters. The van der Waals surface area contributed by atoms with Crippen molar-refractivity contribution in [3.05, 3.63) is 62.3 Å². The van der Waals surface area contributed by atoms with E-state index in [0.717, 1.165) is 54.4 Å². The van der Waals surface area contributed by atoms with Gasteiger partial charge in [0.05, 0.1) is 16.9 Å². The van der Waals surface area contributed by atoms with Crippen LogP contribution in [0.25, 0.3) is 10.2 Å². The molecule has 8 heteroatoms. The van der Waals surface area contributed by atoms with Crippen LogP contribution in [-0.2, 0) is 29.8 Å². The number of aryl methyl sites for hydroxylation is 2. The maximum absolute atomic E-state index is 13.5. The number of nitrogens with one attached hydrogen (secondary N) is 1. The number of aromatic nitrogens is 2. The number of H-pyrrole nitrogens is 1. The molecule has 1 unspecified atom stereocenters. The van der Waals surface area contributed by atoms with Crippen molar-refractivity contribution in [2.75, 3.05) is 12.3 Å². The standard InChI is InChI=1S/C23H24FN3O2S2/c24-15-5-1-4-14(10-15)11-16-6-3-9-27(16)20(28)13-30-12-19-25-22(29)21-17-7-2-8-18(17)31-23(21)26-19/h1,4-5,10,16H,2-3,6-9,11-13H2,(H,25,26,29). The van der Waals surface area contributed by atoms with Crippen molar-refractivity contribution in [1.82, 2.24) is 14.9 Å². The Kier molecular flexibility index (Phi) is 5.84. The lowest BCUT2D eigenvalue weighted by molar-refractivity contribution is -0.129. The largest absolute Gasteiger partial charge is 0.339 e. The Bertz CT molecular complexity index is 1190. The zero-order chi connectivity index (χ0) is 21.4. The van der Waals surface area contributed by atoms with E-state index in [9.17, 15) is 14.0 Å². The fourth-order valence-corrected chi connectivity index (χ4v) is 6.80. The third kappa shape index (κ3) is 4.28. The summed E-state index contributed by atoms with van der Waals surface area (Å²) in [5.41, 5.74) is 2.05. The lowest BCUT2D eigenvalue weighted by Crippen LogP contribution is -2.38. The Labute approximate surface area is 188 Å². The molecule has 1 aromatic carbocycles. The molecule has 5 rings (SSSR count). The molecule has 3 aromatic rings. The Morgan fingerprint density at radius 2 is 2.23 bits per heavy atom. The Balaban J connectivity index is 1.20. The SMILES string of the molecule is O=C(CSCc1nc2sc3c(c2c(=O)[nH]1)CCC3)N1CCCC1Cc1cccc(F)c1. The molecule has 162 valence electrons. The van der Waals surface area contributed by atoms with Crippen LogP contribution in [0.1, 0.15) is 41.1 Å². The van der Waals surface area contributed by atoms with Gasteiger partial charge in [0.25, 0.3) is 5.56 Å². The Hall–Kier alpha value is -2.19. The van der Waals surface area contributed by atoms with Crippen LogP contribution in [0.4, 0.5) is 4.39 Å². The Morgan fingerprint density at radius 1 is 1.32 bits per heavy atom. The van der Waals surface area contributed by atoms with Gasteiger partial charge >= 0.3 is 0 Å². The summed E-state index contributed by atoms with van der Waals surface area (Å²) in [4.78, 5) is 37.0. The van der Waals surface area contributed by atoms with Crippen LogP contribution < -0.4 is 5.56 Å². The zero-order valence-corrected chi connectivity index (χ0v) is 18.8. The number of hydrogen-bond donors (Lipinski definition) is 1. The number of amides is 1. The first-order chi connectivity index (χ1) is 15.1. The molecule has 0 saturated carbocycles. The first kappa shape index (κ1) is 20.7. The average Bonchev–Trinajstić information content (AvgIpc) is 3.43. The molecule has 31 heavy (non-hydrogen) atoms. The predicted molar refractivity (Wildman–Crippen MR) is 123 cm³/mol. The lowest BCUT2D eigenvalue weighted by atomic mass is 10.0. The van der Waals surface area contributed by atoms with E-state index in [4.69, 9.17) is 0 Å². The molecule has 1 aliphatic heterocycles. The maximum Gasteiger partial charge on any atom is 0.259 e. The van der Waals surface area contributed by atoms with E-state index in [1.165, 1.54) is 28.3 Å². The normalized spacial score (nSPS) is 18.1. The summed E-state index contributed by atoms with van der Waals surface area (Å²) in [6.07, 6.45) is 5.73. The summed E-state index contributed by atoms with van der Waals surface area (Å²) in [7, 11) is 0. The van der Waals surface area contributed by atoms with Crippen LogP contribution in [0.3, 0.4) is 0 Å². The van der Waals surface area contributed by atoms with Crippen molar-refractivity contribution in [3.8, 4) is 0 Å². The van der Waals surface area contributed by atoms with Crippen LogP contribution in [-0.4, -0.2) is 39.1 Å². The molecule has 2 aliphatic rings. The second kappa shape index (κ2) is 8.74. The summed E-state index contributed by atoms with van der Waals surface area (Å²) in [5, 5.41) is 0.764. The summed E-state index contributed by atoms with van der Waals surface area (Å²) in [6, 6.07) is 6.75. The molecule has 1 N–H and O–H groups in total. The van der Waals surface area contributed by atoms with Crippen molar-refractivity contribution in [2.45, 2.75) is 50.3 Å². The third-order valence-corrected chi connectivity index (χ3v) is 8.26. The van der Waals surface area contributed by atoms with E-state index in [1.807, 2.05) is 11.0 Å². The van der Waals surface area contributed by atoms with Crippen molar-refractivity contribution in [2.24, 2.45) is 0 Å². The van der Waals surface area contributed by atoms with Gasteiger partial charge in [-0.2, -0.15) is 0 Å². The second-order valence-electron chi connectivity index (χ2n) is 8.26. The maximum atomic E-state index is 13.5. The third-order valence-electron chi connectivity index (χ3n) is 6.15. The van der Waals surface area contributed by atoms with E-state index >= 15 is 0 Å². The number of fused-ring (bicyclic) bond motifs is 3. The number of hydrogen-bond acceptors (Lipinski definition) is 5. The van der Waals surface area contributed by atoms with Crippen molar-refractivity contribution >= 4 is 39.2 Å². The average molecular weight is 458 g/mol. The molecule has 0 spiro atoms. The van der Waals surface area contributed by atoms with Crippen LogP contribution in [0.5, 0.6) is 0 Å². The van der Waals surface area contributed by atoms with Gasteiger partial charge in [-0.15, -0.1) is 23.1 Å². The molecule has 1 saturated heterocycles. The zero-order valence-electron chi connectivity index (χ0n) is 17.2. The summed E-state index contributed by atoms with van der Waals surface area (Å²) in [6.45, 7) is 0.751. The monoisotopic (exact) mass is 457 g/mol. The minimum Gasteiger partial charge on any atom is -0.339 e. The van der Waals surface area contributed by atoms with Crippen LogP contribution in [0, 0.1) is 5.82 Å². The molecule has 5 nitrogen and oxygen atoms in total. The van der Waals surface area contributed by atoms with E-state index in [-0.39, 0.29) is 23.3 Å². The van der Waals surface area contributed by atoms with Gasteiger partial charge in [-0.05, 0) is 61.8 Å². The molecule has 1 amide bonds. The van der Waals surface area contributed by atoms with Gasteiger partial charge in [0, 0.05) is 17.5 Å². The molecular formula is C23H24FN3O2S2. The molecule has 2 aromatic heterocycles. The highest BCUT2D eigenvalue weighted by molar-refractivity contribution is 7.99. The number of thioether (sulfide) groups is 1. The first-order valence-corrected chi connectivity index (χ1v) is 12.7. The van der Waals surface area contributed by atoms with Crippen molar-refractivity contribution in [1.29, 1.82) is 0 Å². The number of rotatable bonds is 6. The molecule has 0 bridgehead atoms. The molecule has 1 aliphatic carbocycles. The number of nitrogens with zero attached hydrogens (tertiary/aromatic N) is 2. The second-order valence-corrected chi connectivity index (χ2v) is 10.3. The van der Waals surface area contributed by atoms with Crippen LogP contribution in [0.15, 0.2) is 29.1 Å². The van der Waals surface area contributed by atoms with Crippen LogP contribution >= 0.6 is 23.1 Å². The van der Waals surface area contributed by atoms with Crippen LogP contribution in [0.2, 0.25) is 0 Å². The van der Waals surface area contributed by atoms with Gasteiger partial charge in [0.1, 0.15) is 16.5 Å². The number of likely N-dealkylation sites (tertiary alicyclic amines) is 1. The minimum absolute atomic E-state index is 0.0546. The van der Waals surface area contributed by atoms with Crippen molar-refractivity contribution in [3.63, 3.8) is 0 Å². The van der Waals surface area contributed by atoms with Gasteiger partial charge in [-0.3, -0.25) is 9.59 Å². The highest BCUT2D eigenvalue weighted by atomic mass is 32.2. The molecule has 3 heterocycles. The van der Waals surface area contributed by atoms with Gasteiger partial charge in [-0.25, -0.2) is 9.37 Å². The highest BCUT2D eigenvalue weighted by Crippen LogP contribution is 2.34. The van der Waals surface area contributed by atoms with E-state index in [2.05, 4.69) is 9.97 Å². The van der Waals surface area contributed by atoms with E-state index in [1.54, 1.807) is 23.5 Å². The lowest BCUT2D eigenvalue weighted by Gasteiger charge is -2.25. The number of aromatic amines is 1. The first-order valence-electron chi connectivity index (χ1n) is 10.7. The molecule has 1 fully saturated rings. The molecular weight excluding hydrogens is 433 g/mol. The fraction of sp³-hybridized carbons (Fsp3) is 0.435. The summed E-state index contributed by atoms with van der Waals surface area (Å²) in [5.74, 6) is 1.35. The fourth-order valence-electron chi connectivity index (χ4n) is 4.75. The van der Waals surface area contributed by atoms with Crippen molar-refractivity contribution < 1.29 is 9.18 Å². The number of thiophene rings is 1. The summed E-state index contributed by atoms with van der Waals surface area (Å²) < 4.78 is 13.5. The van der Waals surface area contributed by atoms with Gasteiger partial charge < -0.3 is 9.88 Å². The predicted octanol–water partition coefficient (Wildman–Crippen LogP) is 4.08. The summed E-state index contributed by atoms with van der Waals surface area (Å²) >= 11 is 3.12. The number of carbonyl (C=O) groups excluding carboxylic acids is 1. The van der Waals surface area contributed by atoms with Gasteiger partial charge in [0.2, 0.25) is 5.91 Å². The van der Waals surface area contributed by atoms with E-state index < -0.39 is 0 Å². The smallest absolute Gasteiger partial charge is 0.259 e. The number of carbonyl (C=O) groups is 1. The van der Waals surface area contributed by atoms with Gasteiger partial charge in [-0.1, -0.05) is 12.1 Å². The number of halogens is 1. The van der Waals surface area contributed by atoms with E-state index in [0.29, 0.717) is 23.8 Å². The minimum atomic E-state index is -0.238. The topological polar surface area (TPSA) is 66.1 Å². The Morgan fingerprint density at radius 3 is 3.10 bits per heavy atom. The number of benzene rings is 1. The van der Waals surface area contributed by atoms with Gasteiger partial charge in [0.15, 0.2) is 0 Å².